The number of carbonyl (C=O) groups is 1. The largest absolute Gasteiger partial charge is 0.454 e. The normalized spacial score (nSPS) is 11.9. The van der Waals surface area contributed by atoms with Crippen LogP contribution in [0.5, 0.6) is 23.0 Å². The van der Waals surface area contributed by atoms with Crippen molar-refractivity contribution in [3.63, 3.8) is 0 Å². The average Bonchev–Trinajstić information content (AvgIpc) is 3.02. The van der Waals surface area contributed by atoms with Gasteiger partial charge in [0.15, 0.2) is 23.0 Å². The zero-order valence-corrected chi connectivity index (χ0v) is 12.5. The predicted octanol–water partition coefficient (Wildman–Crippen LogP) is 1.93. The molecule has 0 radical (unpaired) electrons. The third-order valence-electron chi connectivity index (χ3n) is 3.13. The van der Waals surface area contributed by atoms with E-state index in [-0.39, 0.29) is 12.7 Å². The Morgan fingerprint density at radius 3 is 2.52 bits per heavy atom. The molecule has 23 heavy (non-hydrogen) atoms. The van der Waals surface area contributed by atoms with Gasteiger partial charge in [-0.1, -0.05) is 12.1 Å². The molecule has 0 saturated carbocycles. The Balaban J connectivity index is 1.47. The summed E-state index contributed by atoms with van der Waals surface area (Å²) in [5.74, 6) is 2.37. The van der Waals surface area contributed by atoms with Gasteiger partial charge in [-0.15, -0.1) is 0 Å². The summed E-state index contributed by atoms with van der Waals surface area (Å²) in [6.07, 6.45) is 0. The van der Waals surface area contributed by atoms with E-state index < -0.39 is 0 Å². The van der Waals surface area contributed by atoms with Crippen molar-refractivity contribution < 1.29 is 23.9 Å². The second-order valence-electron chi connectivity index (χ2n) is 4.86. The number of hydrogen-bond donors (Lipinski definition) is 2. The Bertz CT molecular complexity index is 687. The molecule has 0 atom stereocenters. The molecule has 2 aromatic carbocycles. The van der Waals surface area contributed by atoms with E-state index in [1.807, 2.05) is 12.1 Å². The van der Waals surface area contributed by atoms with Gasteiger partial charge in [-0.25, -0.2) is 0 Å². The lowest BCUT2D eigenvalue weighted by Crippen LogP contribution is -2.22. The van der Waals surface area contributed by atoms with Crippen LogP contribution in [0, 0.1) is 0 Å². The van der Waals surface area contributed by atoms with E-state index in [1.165, 1.54) is 6.92 Å². The van der Waals surface area contributed by atoms with Gasteiger partial charge in [0.2, 0.25) is 12.7 Å². The third-order valence-corrected chi connectivity index (χ3v) is 3.13. The summed E-state index contributed by atoms with van der Waals surface area (Å²) < 4.78 is 10.5. The van der Waals surface area contributed by atoms with E-state index in [1.54, 1.807) is 30.3 Å². The first kappa shape index (κ1) is 15.0. The number of carbonyl (C=O) groups excluding carboxylic acids is 1. The van der Waals surface area contributed by atoms with Crippen LogP contribution in [0.25, 0.3) is 0 Å². The van der Waals surface area contributed by atoms with Crippen molar-refractivity contribution in [2.24, 2.45) is 0 Å². The molecular formula is C16H16N2O5. The zero-order chi connectivity index (χ0) is 16.1. The number of benzene rings is 2. The monoisotopic (exact) mass is 316 g/mol. The molecule has 0 bridgehead atoms. The lowest BCUT2D eigenvalue weighted by Gasteiger charge is -2.09. The number of fused-ring (bicyclic) bond motifs is 1. The molecule has 1 aliphatic rings. The average molecular weight is 316 g/mol. The highest BCUT2D eigenvalue weighted by Crippen LogP contribution is 2.34. The first-order valence-electron chi connectivity index (χ1n) is 7.02. The van der Waals surface area contributed by atoms with E-state index >= 15 is 0 Å². The van der Waals surface area contributed by atoms with Crippen molar-refractivity contribution in [2.75, 3.05) is 6.79 Å². The molecule has 0 unspecified atom stereocenters. The van der Waals surface area contributed by atoms with Gasteiger partial charge in [-0.3, -0.25) is 4.79 Å². The fraction of sp³-hybridized carbons (Fsp3) is 0.188. The highest BCUT2D eigenvalue weighted by atomic mass is 16.9. The molecule has 0 fully saturated rings. The summed E-state index contributed by atoms with van der Waals surface area (Å²) in [6, 6.07) is 12.5. The lowest BCUT2D eigenvalue weighted by molar-refractivity contribution is -0.119. The van der Waals surface area contributed by atoms with Crippen LogP contribution in [0.15, 0.2) is 42.5 Å². The summed E-state index contributed by atoms with van der Waals surface area (Å²) in [6.45, 7) is 2.18. The molecular weight excluding hydrogens is 300 g/mol. The molecule has 120 valence electrons. The smallest absolute Gasteiger partial charge is 0.231 e. The maximum atomic E-state index is 10.9. The topological polar surface area (TPSA) is 78.1 Å². The Kier molecular flexibility index (Phi) is 4.49. The van der Waals surface area contributed by atoms with Crippen LogP contribution in [0.4, 0.5) is 0 Å². The highest BCUT2D eigenvalue weighted by Gasteiger charge is 2.13. The van der Waals surface area contributed by atoms with E-state index in [4.69, 9.17) is 19.1 Å². The summed E-state index contributed by atoms with van der Waals surface area (Å²) in [5.41, 5.74) is 3.39. The van der Waals surface area contributed by atoms with Gasteiger partial charge in [0.1, 0.15) is 0 Å². The quantitative estimate of drug-likeness (QED) is 0.793. The van der Waals surface area contributed by atoms with Crippen molar-refractivity contribution in [2.45, 2.75) is 13.5 Å². The summed E-state index contributed by atoms with van der Waals surface area (Å²) in [7, 11) is 0. The van der Waals surface area contributed by atoms with Crippen LogP contribution in [0.1, 0.15) is 12.5 Å². The third kappa shape index (κ3) is 4.04. The maximum Gasteiger partial charge on any atom is 0.231 e. The second kappa shape index (κ2) is 6.89. The van der Waals surface area contributed by atoms with E-state index in [0.29, 0.717) is 29.5 Å². The van der Waals surface area contributed by atoms with Crippen molar-refractivity contribution >= 4 is 5.91 Å². The summed E-state index contributed by atoms with van der Waals surface area (Å²) in [4.78, 5) is 21.4. The van der Waals surface area contributed by atoms with Gasteiger partial charge >= 0.3 is 0 Å². The Hall–Kier alpha value is -2.93. The molecule has 7 nitrogen and oxygen atoms in total. The van der Waals surface area contributed by atoms with Crippen LogP contribution < -0.4 is 30.1 Å². The Morgan fingerprint density at radius 1 is 1.04 bits per heavy atom. The van der Waals surface area contributed by atoms with Gasteiger partial charge in [0, 0.05) is 25.2 Å². The Morgan fingerprint density at radius 2 is 1.74 bits per heavy atom. The predicted molar refractivity (Wildman–Crippen MR) is 80.9 cm³/mol. The molecule has 3 rings (SSSR count). The summed E-state index contributed by atoms with van der Waals surface area (Å²) in [5, 5.41) is 2.72. The SMILES string of the molecule is CC(=O)NCc1ccc(ONOc2ccc3c(c2)OCO3)cc1. The fourth-order valence-corrected chi connectivity index (χ4v) is 1.96. The van der Waals surface area contributed by atoms with Crippen LogP contribution in [-0.2, 0) is 11.3 Å². The second-order valence-corrected chi connectivity index (χ2v) is 4.86. The molecule has 0 aromatic heterocycles. The Labute approximate surface area is 133 Å². The van der Waals surface area contributed by atoms with Crippen molar-refractivity contribution in [1.29, 1.82) is 0 Å². The number of nitrogens with one attached hydrogen (secondary N) is 2. The molecule has 1 amide bonds. The number of amides is 1. The molecule has 1 aliphatic heterocycles. The van der Waals surface area contributed by atoms with Crippen molar-refractivity contribution in [3.8, 4) is 23.0 Å². The molecule has 0 aliphatic carbocycles. The van der Waals surface area contributed by atoms with Crippen molar-refractivity contribution in [1.82, 2.24) is 11.0 Å². The number of rotatable bonds is 6. The van der Waals surface area contributed by atoms with Gasteiger partial charge in [-0.05, 0) is 29.8 Å². The molecule has 2 aromatic rings. The first-order valence-corrected chi connectivity index (χ1v) is 7.02. The van der Waals surface area contributed by atoms with E-state index in [9.17, 15) is 4.79 Å². The minimum Gasteiger partial charge on any atom is -0.454 e. The molecule has 2 N–H and O–H groups in total. The fourth-order valence-electron chi connectivity index (χ4n) is 1.96. The van der Waals surface area contributed by atoms with Gasteiger partial charge < -0.3 is 24.5 Å². The minimum atomic E-state index is -0.0656. The molecule has 1 heterocycles. The lowest BCUT2D eigenvalue weighted by atomic mass is 10.2. The standard InChI is InChI=1S/C16H16N2O5/c1-11(19)17-9-12-2-4-13(5-3-12)22-18-23-14-6-7-15-16(8-14)21-10-20-15/h2-8,18H,9-10H2,1H3,(H,17,19). The van der Waals surface area contributed by atoms with Gasteiger partial charge in [0.05, 0.1) is 0 Å². The molecule has 7 heteroatoms. The first-order chi connectivity index (χ1) is 11.2. The van der Waals surface area contributed by atoms with Crippen molar-refractivity contribution in [3.05, 3.63) is 48.0 Å². The van der Waals surface area contributed by atoms with Crippen LogP contribution in [0.3, 0.4) is 0 Å². The van der Waals surface area contributed by atoms with Crippen LogP contribution in [-0.4, -0.2) is 12.7 Å². The summed E-state index contributed by atoms with van der Waals surface area (Å²) >= 11 is 0. The number of hydrogen-bond acceptors (Lipinski definition) is 6. The number of ether oxygens (including phenoxy) is 2. The maximum absolute atomic E-state index is 10.9. The molecule has 0 spiro atoms. The van der Waals surface area contributed by atoms with E-state index in [0.717, 1.165) is 5.56 Å². The highest BCUT2D eigenvalue weighted by molar-refractivity contribution is 5.72. The van der Waals surface area contributed by atoms with Crippen LogP contribution in [0.2, 0.25) is 0 Å². The molecule has 0 saturated heterocycles. The van der Waals surface area contributed by atoms with Crippen LogP contribution >= 0.6 is 0 Å². The van der Waals surface area contributed by atoms with E-state index in [2.05, 4.69) is 11.0 Å². The zero-order valence-electron chi connectivity index (χ0n) is 12.5. The minimum absolute atomic E-state index is 0.0656. The van der Waals surface area contributed by atoms with Gasteiger partial charge in [0.25, 0.3) is 0 Å². The van der Waals surface area contributed by atoms with Gasteiger partial charge in [-0.2, -0.15) is 0 Å².